The summed E-state index contributed by atoms with van der Waals surface area (Å²) in [5.41, 5.74) is 2.46. The van der Waals surface area contributed by atoms with Crippen molar-refractivity contribution in [1.29, 1.82) is 0 Å². The largest absolute Gasteiger partial charge is 0.420 e. The van der Waals surface area contributed by atoms with Crippen molar-refractivity contribution in [3.05, 3.63) is 23.8 Å². The molecule has 2 saturated carbocycles. The third-order valence-electron chi connectivity index (χ3n) is 5.21. The molecule has 2 atom stereocenters. The summed E-state index contributed by atoms with van der Waals surface area (Å²) >= 11 is 0. The van der Waals surface area contributed by atoms with Crippen LogP contribution in [0.15, 0.2) is 21.2 Å². The molecule has 0 N–H and O–H groups in total. The first kappa shape index (κ1) is 13.2. The van der Waals surface area contributed by atoms with Crippen molar-refractivity contribution in [2.24, 2.45) is 5.92 Å². The Bertz CT molecular complexity index is 862. The highest BCUT2D eigenvalue weighted by Crippen LogP contribution is 2.46. The van der Waals surface area contributed by atoms with E-state index in [0.717, 1.165) is 29.0 Å². The number of hydrogen-bond donors (Lipinski definition) is 0. The molecule has 0 amide bonds. The molecule has 118 valence electrons. The van der Waals surface area contributed by atoms with Gasteiger partial charge in [-0.15, -0.1) is 10.2 Å². The van der Waals surface area contributed by atoms with E-state index in [4.69, 9.17) is 8.94 Å². The molecule has 2 aliphatic carbocycles. The summed E-state index contributed by atoms with van der Waals surface area (Å²) in [6.07, 6.45) is 7.74. The van der Waals surface area contributed by atoms with Crippen LogP contribution in [0.2, 0.25) is 0 Å². The van der Waals surface area contributed by atoms with Crippen LogP contribution in [0, 0.1) is 5.92 Å². The first-order valence-corrected chi connectivity index (χ1v) is 8.38. The van der Waals surface area contributed by atoms with Crippen molar-refractivity contribution in [2.75, 3.05) is 0 Å². The zero-order valence-corrected chi connectivity index (χ0v) is 13.0. The van der Waals surface area contributed by atoms with Crippen LogP contribution in [-0.2, 0) is 0 Å². The lowest BCUT2D eigenvalue weighted by Crippen LogP contribution is -1.93. The van der Waals surface area contributed by atoms with Crippen LogP contribution in [0.1, 0.15) is 62.4 Å². The third-order valence-corrected chi connectivity index (χ3v) is 5.21. The molecule has 3 aromatic heterocycles. The molecular formula is C17H18N4O2. The molecule has 6 nitrogen and oxygen atoms in total. The lowest BCUT2D eigenvalue weighted by Gasteiger charge is -2.03. The molecule has 2 fully saturated rings. The number of rotatable bonds is 3. The Morgan fingerprint density at radius 1 is 1.17 bits per heavy atom. The lowest BCUT2D eigenvalue weighted by atomic mass is 10.0. The van der Waals surface area contributed by atoms with Gasteiger partial charge < -0.3 is 8.94 Å². The molecule has 0 saturated heterocycles. The summed E-state index contributed by atoms with van der Waals surface area (Å²) in [5.74, 6) is 2.84. The topological polar surface area (TPSA) is 77.8 Å². The molecule has 0 spiro atoms. The van der Waals surface area contributed by atoms with Crippen molar-refractivity contribution in [1.82, 2.24) is 20.3 Å². The zero-order valence-electron chi connectivity index (χ0n) is 13.0. The minimum atomic E-state index is 0.428. The van der Waals surface area contributed by atoms with Gasteiger partial charge in [-0.05, 0) is 31.2 Å². The van der Waals surface area contributed by atoms with E-state index in [1.54, 1.807) is 6.20 Å². The minimum Gasteiger partial charge on any atom is -0.420 e. The van der Waals surface area contributed by atoms with Gasteiger partial charge in [0.05, 0.1) is 16.6 Å². The van der Waals surface area contributed by atoms with Gasteiger partial charge in [-0.25, -0.2) is 4.98 Å². The number of nitrogens with zero attached hydrogens (tertiary/aromatic N) is 4. The van der Waals surface area contributed by atoms with Crippen molar-refractivity contribution in [3.63, 3.8) is 0 Å². The van der Waals surface area contributed by atoms with Crippen LogP contribution in [-0.4, -0.2) is 20.3 Å². The zero-order chi connectivity index (χ0) is 15.4. The van der Waals surface area contributed by atoms with Crippen molar-refractivity contribution in [3.8, 4) is 11.5 Å². The quantitative estimate of drug-likeness (QED) is 0.726. The maximum atomic E-state index is 5.84. The molecule has 3 aromatic rings. The highest BCUT2D eigenvalue weighted by Gasteiger charge is 2.38. The van der Waals surface area contributed by atoms with Crippen LogP contribution >= 0.6 is 0 Å². The van der Waals surface area contributed by atoms with Crippen molar-refractivity contribution < 1.29 is 8.94 Å². The van der Waals surface area contributed by atoms with E-state index in [2.05, 4.69) is 27.3 Å². The van der Waals surface area contributed by atoms with E-state index in [0.29, 0.717) is 29.4 Å². The van der Waals surface area contributed by atoms with Gasteiger partial charge in [-0.2, -0.15) is 0 Å². The lowest BCUT2D eigenvalue weighted by molar-refractivity contribution is 0.430. The van der Waals surface area contributed by atoms with E-state index in [-0.39, 0.29) is 0 Å². The molecule has 0 radical (unpaired) electrons. The van der Waals surface area contributed by atoms with Crippen LogP contribution in [0.5, 0.6) is 0 Å². The monoisotopic (exact) mass is 310 g/mol. The summed E-state index contributed by atoms with van der Waals surface area (Å²) in [5, 5.41) is 13.6. The SMILES string of the molecule is C[C@@H]1C[C@@H]1c1nnc(-c2cnc3onc(C4CCCC4)c3c2)o1. The molecule has 6 heteroatoms. The van der Waals surface area contributed by atoms with Gasteiger partial charge in [-0.3, -0.25) is 0 Å². The maximum Gasteiger partial charge on any atom is 0.257 e. The predicted octanol–water partition coefficient (Wildman–Crippen LogP) is 4.05. The van der Waals surface area contributed by atoms with E-state index in [1.165, 1.54) is 25.7 Å². The fourth-order valence-electron chi connectivity index (χ4n) is 3.63. The van der Waals surface area contributed by atoms with Gasteiger partial charge in [-0.1, -0.05) is 24.9 Å². The number of hydrogen-bond acceptors (Lipinski definition) is 6. The Morgan fingerprint density at radius 3 is 2.78 bits per heavy atom. The van der Waals surface area contributed by atoms with Crippen molar-refractivity contribution in [2.45, 2.75) is 50.9 Å². The van der Waals surface area contributed by atoms with Gasteiger partial charge in [0.15, 0.2) is 0 Å². The normalized spacial score (nSPS) is 24.6. The Morgan fingerprint density at radius 2 is 2.00 bits per heavy atom. The summed E-state index contributed by atoms with van der Waals surface area (Å²) in [6.45, 7) is 2.20. The number of aromatic nitrogens is 4. The summed E-state index contributed by atoms with van der Waals surface area (Å²) < 4.78 is 11.2. The highest BCUT2D eigenvalue weighted by atomic mass is 16.5. The molecule has 0 aliphatic heterocycles. The summed E-state index contributed by atoms with van der Waals surface area (Å²) in [7, 11) is 0. The molecular weight excluding hydrogens is 292 g/mol. The Hall–Kier alpha value is -2.24. The second kappa shape index (κ2) is 4.88. The first-order valence-electron chi connectivity index (χ1n) is 8.38. The molecule has 0 aromatic carbocycles. The second-order valence-electron chi connectivity index (χ2n) is 6.89. The summed E-state index contributed by atoms with van der Waals surface area (Å²) in [6, 6.07) is 2.03. The average Bonchev–Trinajstić information content (AvgIpc) is 3.07. The van der Waals surface area contributed by atoms with E-state index in [1.807, 2.05) is 6.07 Å². The van der Waals surface area contributed by atoms with Gasteiger partial charge in [0.2, 0.25) is 11.8 Å². The Balaban J connectivity index is 1.53. The van der Waals surface area contributed by atoms with Crippen molar-refractivity contribution >= 4 is 11.1 Å². The van der Waals surface area contributed by atoms with E-state index < -0.39 is 0 Å². The maximum absolute atomic E-state index is 5.84. The standard InChI is InChI=1S/C17H18N4O2/c1-9-6-12(9)17-20-19-15(22-17)11-7-13-14(10-4-2-3-5-10)21-23-16(13)18-8-11/h7-10,12H,2-6H2,1H3/t9-,12+/m1/s1. The van der Waals surface area contributed by atoms with Crippen LogP contribution in [0.25, 0.3) is 22.6 Å². The van der Waals surface area contributed by atoms with Gasteiger partial charge >= 0.3 is 0 Å². The Labute approximate surface area is 133 Å². The number of fused-ring (bicyclic) bond motifs is 1. The minimum absolute atomic E-state index is 0.428. The molecule has 0 unspecified atom stereocenters. The molecule has 23 heavy (non-hydrogen) atoms. The summed E-state index contributed by atoms with van der Waals surface area (Å²) in [4.78, 5) is 4.38. The molecule has 2 aliphatic rings. The Kier molecular flexibility index (Phi) is 2.80. The third kappa shape index (κ3) is 2.16. The van der Waals surface area contributed by atoms with Crippen LogP contribution in [0.3, 0.4) is 0 Å². The van der Waals surface area contributed by atoms with Gasteiger partial charge in [0, 0.05) is 18.0 Å². The van der Waals surface area contributed by atoms with E-state index in [9.17, 15) is 0 Å². The number of pyridine rings is 1. The molecule has 3 heterocycles. The van der Waals surface area contributed by atoms with Crippen LogP contribution in [0.4, 0.5) is 0 Å². The van der Waals surface area contributed by atoms with Gasteiger partial charge in [0.1, 0.15) is 0 Å². The van der Waals surface area contributed by atoms with E-state index >= 15 is 0 Å². The fourth-order valence-corrected chi connectivity index (χ4v) is 3.63. The second-order valence-corrected chi connectivity index (χ2v) is 6.89. The average molecular weight is 310 g/mol. The fraction of sp³-hybridized carbons (Fsp3) is 0.529. The molecule has 0 bridgehead atoms. The highest BCUT2D eigenvalue weighted by molar-refractivity contribution is 5.80. The smallest absolute Gasteiger partial charge is 0.257 e. The van der Waals surface area contributed by atoms with Gasteiger partial charge in [0.25, 0.3) is 5.71 Å². The molecule has 5 rings (SSSR count). The van der Waals surface area contributed by atoms with Crippen LogP contribution < -0.4 is 0 Å². The first-order chi connectivity index (χ1) is 11.3. The predicted molar refractivity (Wildman–Crippen MR) is 82.8 cm³/mol.